The van der Waals surface area contributed by atoms with Gasteiger partial charge in [-0.05, 0) is 38.5 Å². The molecule has 146 valence electrons. The van der Waals surface area contributed by atoms with Crippen molar-refractivity contribution in [2.45, 2.75) is 45.8 Å². The first-order valence-electron chi connectivity index (χ1n) is 8.66. The number of carbonyl (C=O) groups excluding carboxylic acids is 1. The molecule has 1 heterocycles. The van der Waals surface area contributed by atoms with Crippen molar-refractivity contribution in [1.82, 2.24) is 9.80 Å². The van der Waals surface area contributed by atoms with Crippen LogP contribution < -0.4 is 4.74 Å². The third-order valence-electron chi connectivity index (χ3n) is 4.36. The van der Waals surface area contributed by atoms with Crippen LogP contribution in [0.5, 0.6) is 5.75 Å². The summed E-state index contributed by atoms with van der Waals surface area (Å²) in [5.41, 5.74) is 0.914. The molecule has 0 aliphatic carbocycles. The standard InChI is InChI=1S/C18H25F3N2O3/c1-4-25-17(24)12-22-9-13(2)23(14(3)10-22)11-15-5-7-16(8-6-15)26-18(19,20)21/h5-8,13-14H,4,9-12H2,1-3H3/t13-,14+. The van der Waals surface area contributed by atoms with Crippen molar-refractivity contribution in [3.8, 4) is 5.75 Å². The predicted molar refractivity (Wildman–Crippen MR) is 90.7 cm³/mol. The van der Waals surface area contributed by atoms with Crippen LogP contribution in [0.1, 0.15) is 26.3 Å². The van der Waals surface area contributed by atoms with E-state index in [1.54, 1.807) is 19.1 Å². The Balaban J connectivity index is 1.92. The highest BCUT2D eigenvalue weighted by molar-refractivity contribution is 5.71. The molecule has 0 spiro atoms. The van der Waals surface area contributed by atoms with E-state index in [2.05, 4.69) is 28.4 Å². The van der Waals surface area contributed by atoms with Crippen LogP contribution in [0.2, 0.25) is 0 Å². The van der Waals surface area contributed by atoms with E-state index in [9.17, 15) is 18.0 Å². The summed E-state index contributed by atoms with van der Waals surface area (Å²) >= 11 is 0. The Labute approximate surface area is 151 Å². The fraction of sp³-hybridized carbons (Fsp3) is 0.611. The average Bonchev–Trinajstić information content (AvgIpc) is 2.51. The molecule has 1 saturated heterocycles. The van der Waals surface area contributed by atoms with E-state index in [1.807, 2.05) is 0 Å². The zero-order valence-electron chi connectivity index (χ0n) is 15.3. The van der Waals surface area contributed by atoms with Gasteiger partial charge in [0.05, 0.1) is 13.2 Å². The summed E-state index contributed by atoms with van der Waals surface area (Å²) in [5.74, 6) is -0.442. The Morgan fingerprint density at radius 3 is 2.23 bits per heavy atom. The molecule has 8 heteroatoms. The molecule has 1 aliphatic heterocycles. The van der Waals surface area contributed by atoms with E-state index in [1.165, 1.54) is 12.1 Å². The lowest BCUT2D eigenvalue weighted by Gasteiger charge is -2.44. The van der Waals surface area contributed by atoms with Crippen molar-refractivity contribution < 1.29 is 27.4 Å². The normalized spacial score (nSPS) is 22.2. The monoisotopic (exact) mass is 374 g/mol. The van der Waals surface area contributed by atoms with E-state index >= 15 is 0 Å². The van der Waals surface area contributed by atoms with E-state index in [-0.39, 0.29) is 30.3 Å². The van der Waals surface area contributed by atoms with Gasteiger partial charge in [-0.3, -0.25) is 14.6 Å². The molecule has 0 unspecified atom stereocenters. The van der Waals surface area contributed by atoms with Gasteiger partial charge in [-0.25, -0.2) is 0 Å². The Morgan fingerprint density at radius 2 is 1.73 bits per heavy atom. The van der Waals surface area contributed by atoms with Gasteiger partial charge in [-0.2, -0.15) is 0 Å². The summed E-state index contributed by atoms with van der Waals surface area (Å²) in [6, 6.07) is 6.36. The molecular formula is C18H25F3N2O3. The number of alkyl halides is 3. The van der Waals surface area contributed by atoms with Crippen LogP contribution in [-0.2, 0) is 16.1 Å². The minimum absolute atomic E-state index is 0.208. The maximum absolute atomic E-state index is 12.2. The van der Waals surface area contributed by atoms with Gasteiger partial charge in [0.2, 0.25) is 0 Å². The average molecular weight is 374 g/mol. The summed E-state index contributed by atoms with van der Waals surface area (Å²) in [7, 11) is 0. The number of ether oxygens (including phenoxy) is 2. The number of nitrogens with zero attached hydrogens (tertiary/aromatic N) is 2. The van der Waals surface area contributed by atoms with Crippen molar-refractivity contribution in [3.05, 3.63) is 29.8 Å². The second kappa shape index (κ2) is 8.73. The van der Waals surface area contributed by atoms with Gasteiger partial charge in [0.1, 0.15) is 5.75 Å². The Bertz CT molecular complexity index is 580. The summed E-state index contributed by atoms with van der Waals surface area (Å²) < 4.78 is 45.6. The second-order valence-electron chi connectivity index (χ2n) is 6.56. The summed E-state index contributed by atoms with van der Waals surface area (Å²) in [5, 5.41) is 0. The second-order valence-corrected chi connectivity index (χ2v) is 6.56. The SMILES string of the molecule is CCOC(=O)CN1C[C@@H](C)N(Cc2ccc(OC(F)(F)F)cc2)[C@@H](C)C1. The number of esters is 1. The molecule has 0 N–H and O–H groups in total. The molecule has 26 heavy (non-hydrogen) atoms. The first kappa shape index (κ1) is 20.5. The van der Waals surface area contributed by atoms with Gasteiger partial charge in [0, 0.05) is 31.7 Å². The Hall–Kier alpha value is -1.80. The molecule has 2 atom stereocenters. The van der Waals surface area contributed by atoms with Gasteiger partial charge in [0.15, 0.2) is 0 Å². The lowest BCUT2D eigenvalue weighted by atomic mass is 10.1. The highest BCUT2D eigenvalue weighted by Gasteiger charge is 2.32. The fourth-order valence-electron chi connectivity index (χ4n) is 3.30. The van der Waals surface area contributed by atoms with Crippen molar-refractivity contribution in [3.63, 3.8) is 0 Å². The molecule has 1 fully saturated rings. The lowest BCUT2D eigenvalue weighted by Crippen LogP contribution is -2.57. The van der Waals surface area contributed by atoms with Crippen molar-refractivity contribution in [2.24, 2.45) is 0 Å². The van der Waals surface area contributed by atoms with Gasteiger partial charge < -0.3 is 9.47 Å². The Morgan fingerprint density at radius 1 is 1.15 bits per heavy atom. The highest BCUT2D eigenvalue weighted by atomic mass is 19.4. The van der Waals surface area contributed by atoms with E-state index < -0.39 is 6.36 Å². The molecule has 5 nitrogen and oxygen atoms in total. The third kappa shape index (κ3) is 6.17. The maximum Gasteiger partial charge on any atom is 0.573 e. The van der Waals surface area contributed by atoms with Crippen LogP contribution in [-0.4, -0.2) is 60.5 Å². The highest BCUT2D eigenvalue weighted by Crippen LogP contribution is 2.24. The largest absolute Gasteiger partial charge is 0.573 e. The molecule has 0 bridgehead atoms. The van der Waals surface area contributed by atoms with Crippen LogP contribution >= 0.6 is 0 Å². The topological polar surface area (TPSA) is 42.0 Å². The molecule has 2 rings (SSSR count). The fourth-order valence-corrected chi connectivity index (χ4v) is 3.30. The molecule has 1 aliphatic rings. The van der Waals surface area contributed by atoms with Gasteiger partial charge in [-0.15, -0.1) is 13.2 Å². The van der Waals surface area contributed by atoms with E-state index in [0.717, 1.165) is 18.7 Å². The molecule has 0 amide bonds. The van der Waals surface area contributed by atoms with Gasteiger partial charge in [-0.1, -0.05) is 12.1 Å². The molecule has 1 aromatic carbocycles. The quantitative estimate of drug-likeness (QED) is 0.716. The molecular weight excluding hydrogens is 349 g/mol. The van der Waals surface area contributed by atoms with Crippen molar-refractivity contribution in [1.29, 1.82) is 0 Å². The minimum Gasteiger partial charge on any atom is -0.465 e. The number of rotatable bonds is 6. The van der Waals surface area contributed by atoms with Crippen molar-refractivity contribution in [2.75, 3.05) is 26.2 Å². The number of benzene rings is 1. The number of hydrogen-bond acceptors (Lipinski definition) is 5. The minimum atomic E-state index is -4.68. The van der Waals surface area contributed by atoms with Crippen LogP contribution in [0.3, 0.4) is 0 Å². The first-order valence-corrected chi connectivity index (χ1v) is 8.66. The molecule has 0 aromatic heterocycles. The molecule has 1 aromatic rings. The van der Waals surface area contributed by atoms with Crippen LogP contribution in [0.4, 0.5) is 13.2 Å². The van der Waals surface area contributed by atoms with Gasteiger partial charge in [0.25, 0.3) is 0 Å². The first-order chi connectivity index (χ1) is 12.2. The van der Waals surface area contributed by atoms with Crippen molar-refractivity contribution >= 4 is 5.97 Å². The van der Waals surface area contributed by atoms with Crippen LogP contribution in [0.15, 0.2) is 24.3 Å². The predicted octanol–water partition coefficient (Wildman–Crippen LogP) is 3.04. The summed E-state index contributed by atoms with van der Waals surface area (Å²) in [6.45, 7) is 8.69. The maximum atomic E-state index is 12.2. The zero-order chi connectivity index (χ0) is 19.3. The number of piperazine rings is 1. The van der Waals surface area contributed by atoms with Crippen LogP contribution in [0.25, 0.3) is 0 Å². The number of halogens is 3. The third-order valence-corrected chi connectivity index (χ3v) is 4.36. The molecule has 0 saturated carbocycles. The number of carbonyl (C=O) groups is 1. The zero-order valence-corrected chi connectivity index (χ0v) is 15.3. The summed E-state index contributed by atoms with van der Waals surface area (Å²) in [6.07, 6.45) is -4.68. The van der Waals surface area contributed by atoms with Crippen LogP contribution in [0, 0.1) is 0 Å². The van der Waals surface area contributed by atoms with E-state index in [0.29, 0.717) is 13.2 Å². The smallest absolute Gasteiger partial charge is 0.465 e. The van der Waals surface area contributed by atoms with E-state index in [4.69, 9.17) is 4.74 Å². The number of hydrogen-bond donors (Lipinski definition) is 0. The Kier molecular flexibility index (Phi) is 6.88. The summed E-state index contributed by atoms with van der Waals surface area (Å²) in [4.78, 5) is 16.0. The van der Waals surface area contributed by atoms with Gasteiger partial charge >= 0.3 is 12.3 Å². The molecule has 0 radical (unpaired) electrons. The lowest BCUT2D eigenvalue weighted by molar-refractivity contribution is -0.274.